The van der Waals surface area contributed by atoms with Crippen molar-refractivity contribution < 1.29 is 19.7 Å². The SMILES string of the molecule is Cc1nc(N2CCC3(CC2)CO[C@@H](C)[C@H]3NC(=O)O)c(CO)nc1-c1ccc2c(C)n[nH]c2c1. The third-order valence-electron chi connectivity index (χ3n) is 7.40. The minimum absolute atomic E-state index is 0.159. The smallest absolute Gasteiger partial charge is 0.404 e. The fourth-order valence-corrected chi connectivity index (χ4v) is 5.48. The summed E-state index contributed by atoms with van der Waals surface area (Å²) in [5, 5.41) is 30.5. The number of piperidine rings is 1. The van der Waals surface area contributed by atoms with Crippen LogP contribution in [-0.2, 0) is 11.3 Å². The Kier molecular flexibility index (Phi) is 5.65. The molecule has 0 bridgehead atoms. The Balaban J connectivity index is 1.40. The highest BCUT2D eigenvalue weighted by Crippen LogP contribution is 2.43. The molecule has 34 heavy (non-hydrogen) atoms. The summed E-state index contributed by atoms with van der Waals surface area (Å²) in [7, 11) is 0. The summed E-state index contributed by atoms with van der Waals surface area (Å²) in [4.78, 5) is 23.1. The third kappa shape index (κ3) is 3.76. The first-order chi connectivity index (χ1) is 16.3. The van der Waals surface area contributed by atoms with Crippen molar-refractivity contribution in [3.63, 3.8) is 0 Å². The summed E-state index contributed by atoms with van der Waals surface area (Å²) in [5.74, 6) is 0.687. The van der Waals surface area contributed by atoms with Gasteiger partial charge in [0.15, 0.2) is 5.82 Å². The first-order valence-corrected chi connectivity index (χ1v) is 11.6. The van der Waals surface area contributed by atoms with E-state index >= 15 is 0 Å². The van der Waals surface area contributed by atoms with Gasteiger partial charge in [-0.3, -0.25) is 5.10 Å². The molecule has 4 N–H and O–H groups in total. The maximum absolute atomic E-state index is 11.3. The molecule has 180 valence electrons. The minimum Gasteiger partial charge on any atom is -0.465 e. The van der Waals surface area contributed by atoms with Crippen LogP contribution in [0.25, 0.3) is 22.2 Å². The molecule has 5 rings (SSSR count). The Morgan fingerprint density at radius 3 is 2.74 bits per heavy atom. The number of carbonyl (C=O) groups is 1. The molecule has 2 saturated heterocycles. The molecular formula is C24H30N6O4. The van der Waals surface area contributed by atoms with E-state index in [1.54, 1.807) is 0 Å². The fraction of sp³-hybridized carbons (Fsp3) is 0.500. The van der Waals surface area contributed by atoms with Crippen molar-refractivity contribution in [1.29, 1.82) is 0 Å². The zero-order chi connectivity index (χ0) is 24.0. The van der Waals surface area contributed by atoms with Gasteiger partial charge < -0.3 is 25.2 Å². The summed E-state index contributed by atoms with van der Waals surface area (Å²) in [5.41, 5.74) is 4.62. The Labute approximate surface area is 197 Å². The van der Waals surface area contributed by atoms with Gasteiger partial charge >= 0.3 is 6.09 Å². The van der Waals surface area contributed by atoms with Crippen LogP contribution in [-0.4, -0.2) is 68.3 Å². The van der Waals surface area contributed by atoms with Crippen LogP contribution in [0.3, 0.4) is 0 Å². The highest BCUT2D eigenvalue weighted by atomic mass is 16.5. The van der Waals surface area contributed by atoms with Gasteiger partial charge in [0.1, 0.15) is 5.69 Å². The summed E-state index contributed by atoms with van der Waals surface area (Å²) in [6, 6.07) is 5.80. The number of nitrogens with one attached hydrogen (secondary N) is 2. The van der Waals surface area contributed by atoms with Crippen LogP contribution in [0, 0.1) is 19.3 Å². The number of aromatic amines is 1. The topological polar surface area (TPSA) is 136 Å². The molecule has 2 fully saturated rings. The molecule has 2 aromatic heterocycles. The first kappa shape index (κ1) is 22.5. The molecular weight excluding hydrogens is 436 g/mol. The monoisotopic (exact) mass is 466 g/mol. The fourth-order valence-electron chi connectivity index (χ4n) is 5.48. The van der Waals surface area contributed by atoms with E-state index in [0.717, 1.165) is 46.4 Å². The number of hydrogen-bond acceptors (Lipinski definition) is 7. The highest BCUT2D eigenvalue weighted by Gasteiger charge is 2.50. The second-order valence-electron chi connectivity index (χ2n) is 9.45. The molecule has 4 heterocycles. The molecule has 1 aromatic carbocycles. The van der Waals surface area contributed by atoms with Crippen LogP contribution in [0.1, 0.15) is 36.8 Å². The molecule has 0 aliphatic carbocycles. The zero-order valence-corrected chi connectivity index (χ0v) is 19.6. The number of nitrogens with zero attached hydrogens (tertiary/aromatic N) is 4. The third-order valence-corrected chi connectivity index (χ3v) is 7.40. The number of benzene rings is 1. The van der Waals surface area contributed by atoms with Gasteiger partial charge in [0.2, 0.25) is 0 Å². The van der Waals surface area contributed by atoms with E-state index in [2.05, 4.69) is 20.4 Å². The van der Waals surface area contributed by atoms with Gasteiger partial charge in [-0.15, -0.1) is 0 Å². The maximum Gasteiger partial charge on any atom is 0.404 e. The average molecular weight is 467 g/mol. The molecule has 2 atom stereocenters. The molecule has 3 aromatic rings. The lowest BCUT2D eigenvalue weighted by atomic mass is 9.73. The normalized spacial score (nSPS) is 21.9. The second-order valence-corrected chi connectivity index (χ2v) is 9.45. The van der Waals surface area contributed by atoms with Gasteiger partial charge in [0, 0.05) is 29.5 Å². The van der Waals surface area contributed by atoms with Crippen LogP contribution < -0.4 is 10.2 Å². The lowest BCUT2D eigenvalue weighted by Gasteiger charge is -2.43. The number of H-pyrrole nitrogens is 1. The number of aromatic nitrogens is 4. The Morgan fingerprint density at radius 1 is 1.26 bits per heavy atom. The Bertz CT molecular complexity index is 1230. The summed E-state index contributed by atoms with van der Waals surface area (Å²) in [6.45, 7) is 7.51. The quantitative estimate of drug-likeness (QED) is 0.461. The lowest BCUT2D eigenvalue weighted by molar-refractivity contribution is 0.0970. The van der Waals surface area contributed by atoms with Gasteiger partial charge in [-0.1, -0.05) is 12.1 Å². The second kappa shape index (κ2) is 8.52. The number of anilines is 1. The van der Waals surface area contributed by atoms with E-state index in [-0.39, 0.29) is 24.2 Å². The number of hydrogen-bond donors (Lipinski definition) is 4. The van der Waals surface area contributed by atoms with Crippen LogP contribution in [0.15, 0.2) is 18.2 Å². The lowest BCUT2D eigenvalue weighted by Crippen LogP contribution is -2.54. The van der Waals surface area contributed by atoms with E-state index in [1.807, 2.05) is 39.0 Å². The van der Waals surface area contributed by atoms with Crippen molar-refractivity contribution in [2.75, 3.05) is 24.6 Å². The van der Waals surface area contributed by atoms with Crippen molar-refractivity contribution >= 4 is 22.8 Å². The van der Waals surface area contributed by atoms with Crippen LogP contribution in [0.2, 0.25) is 0 Å². The number of ether oxygens (including phenoxy) is 1. The van der Waals surface area contributed by atoms with Crippen LogP contribution in [0.4, 0.5) is 10.6 Å². The number of aliphatic hydroxyl groups excluding tert-OH is 1. The minimum atomic E-state index is -1.02. The molecule has 2 aliphatic rings. The zero-order valence-electron chi connectivity index (χ0n) is 19.6. The predicted octanol–water partition coefficient (Wildman–Crippen LogP) is 2.77. The Hall–Kier alpha value is -3.24. The predicted molar refractivity (Wildman–Crippen MR) is 127 cm³/mol. The number of carboxylic acid groups (broad SMARTS) is 1. The van der Waals surface area contributed by atoms with Crippen molar-refractivity contribution in [1.82, 2.24) is 25.5 Å². The van der Waals surface area contributed by atoms with Crippen molar-refractivity contribution in [3.8, 4) is 11.3 Å². The van der Waals surface area contributed by atoms with Gasteiger partial charge in [-0.05, 0) is 39.7 Å². The van der Waals surface area contributed by atoms with Crippen molar-refractivity contribution in [2.24, 2.45) is 5.41 Å². The highest BCUT2D eigenvalue weighted by molar-refractivity contribution is 5.85. The standard InChI is InChI=1S/C24H30N6O4/c1-13-17-5-4-16(10-18(17)29-28-13)20-14(2)25-22(19(11-31)26-20)30-8-6-24(7-9-30)12-34-15(3)21(24)27-23(32)33/h4-5,10,15,21,27,31H,6-9,11-12H2,1-3H3,(H,28,29)(H,32,33)/t15-,21+/m0/s1. The average Bonchev–Trinajstić information content (AvgIpc) is 3.34. The van der Waals surface area contributed by atoms with Crippen LogP contribution >= 0.6 is 0 Å². The van der Waals surface area contributed by atoms with Gasteiger partial charge in [0.05, 0.1) is 48.0 Å². The summed E-state index contributed by atoms with van der Waals surface area (Å²) >= 11 is 0. The van der Waals surface area contributed by atoms with Crippen LogP contribution in [0.5, 0.6) is 0 Å². The number of amides is 1. The van der Waals surface area contributed by atoms with Gasteiger partial charge in [-0.2, -0.15) is 5.10 Å². The molecule has 10 heteroatoms. The van der Waals surface area contributed by atoms with E-state index in [9.17, 15) is 15.0 Å². The van der Waals surface area contributed by atoms with Gasteiger partial charge in [-0.25, -0.2) is 14.8 Å². The van der Waals surface area contributed by atoms with Gasteiger partial charge in [0.25, 0.3) is 0 Å². The molecule has 0 radical (unpaired) electrons. The molecule has 2 aliphatic heterocycles. The van der Waals surface area contributed by atoms with Crippen molar-refractivity contribution in [3.05, 3.63) is 35.3 Å². The molecule has 0 unspecified atom stereocenters. The van der Waals surface area contributed by atoms with E-state index < -0.39 is 6.09 Å². The maximum atomic E-state index is 11.3. The van der Waals surface area contributed by atoms with E-state index in [4.69, 9.17) is 14.7 Å². The largest absolute Gasteiger partial charge is 0.465 e. The van der Waals surface area contributed by atoms with Crippen molar-refractivity contribution in [2.45, 2.75) is 52.4 Å². The molecule has 1 amide bonds. The van der Waals surface area contributed by atoms with E-state index in [1.165, 1.54) is 0 Å². The first-order valence-electron chi connectivity index (χ1n) is 11.6. The van der Waals surface area contributed by atoms with E-state index in [0.29, 0.717) is 31.2 Å². The summed E-state index contributed by atoms with van der Waals surface area (Å²) < 4.78 is 5.84. The molecule has 10 nitrogen and oxygen atoms in total. The Morgan fingerprint density at radius 2 is 2.03 bits per heavy atom. The number of rotatable bonds is 4. The molecule has 0 saturated carbocycles. The number of aryl methyl sites for hydroxylation is 2. The number of fused-ring (bicyclic) bond motifs is 1. The summed E-state index contributed by atoms with van der Waals surface area (Å²) in [6.07, 6.45) is 0.358. The number of aliphatic hydroxyl groups is 1. The molecule has 1 spiro atoms.